The third kappa shape index (κ3) is 5.90. The third-order valence-corrected chi connectivity index (χ3v) is 6.66. The van der Waals surface area contributed by atoms with Gasteiger partial charge in [-0.2, -0.15) is 0 Å². The predicted molar refractivity (Wildman–Crippen MR) is 131 cm³/mol. The van der Waals surface area contributed by atoms with Crippen LogP contribution in [0.5, 0.6) is 0 Å². The van der Waals surface area contributed by atoms with Crippen molar-refractivity contribution >= 4 is 33.2 Å². The first-order chi connectivity index (χ1) is 15.0. The lowest BCUT2D eigenvalue weighted by Gasteiger charge is -2.23. The third-order valence-electron chi connectivity index (χ3n) is 5.29. The second-order valence-corrected chi connectivity index (χ2v) is 10.3. The van der Waals surface area contributed by atoms with Gasteiger partial charge in [0.2, 0.25) is 10.0 Å². The zero-order valence-corrected chi connectivity index (χ0v) is 20.2. The summed E-state index contributed by atoms with van der Waals surface area (Å²) in [5, 5.41) is 3.50. The fraction of sp³-hybridized carbons (Fsp3) is 0.240. The van der Waals surface area contributed by atoms with E-state index in [2.05, 4.69) is 23.5 Å². The number of hydrogen-bond donors (Lipinski definition) is 1. The van der Waals surface area contributed by atoms with E-state index in [1.807, 2.05) is 20.8 Å². The summed E-state index contributed by atoms with van der Waals surface area (Å²) < 4.78 is 26.0. The lowest BCUT2D eigenvalue weighted by Crippen LogP contribution is -2.29. The number of amides is 1. The molecule has 3 rings (SSSR count). The number of benzene rings is 3. The van der Waals surface area contributed by atoms with Gasteiger partial charge in [-0.1, -0.05) is 53.6 Å². The Morgan fingerprint density at radius 1 is 1.03 bits per heavy atom. The summed E-state index contributed by atoms with van der Waals surface area (Å²) in [5.74, 6) is -0.181. The maximum absolute atomic E-state index is 12.7. The van der Waals surface area contributed by atoms with Gasteiger partial charge in [-0.3, -0.25) is 9.10 Å². The summed E-state index contributed by atoms with van der Waals surface area (Å²) in [6.07, 6.45) is 1.16. The van der Waals surface area contributed by atoms with Crippen LogP contribution in [0, 0.1) is 13.8 Å². The first kappa shape index (κ1) is 23.8. The molecule has 0 aliphatic rings. The quantitative estimate of drug-likeness (QED) is 0.501. The normalized spacial score (nSPS) is 12.3. The molecule has 0 saturated carbocycles. The number of carbonyl (C=O) groups excluding carboxylic acids is 1. The van der Waals surface area contributed by atoms with Gasteiger partial charge in [-0.15, -0.1) is 0 Å². The van der Waals surface area contributed by atoms with Gasteiger partial charge in [-0.25, -0.2) is 8.42 Å². The summed E-state index contributed by atoms with van der Waals surface area (Å²) in [4.78, 5) is 12.7. The van der Waals surface area contributed by atoms with Crippen LogP contribution in [-0.2, 0) is 16.6 Å². The van der Waals surface area contributed by atoms with Crippen LogP contribution < -0.4 is 9.62 Å². The molecule has 3 aromatic carbocycles. The monoisotopic (exact) mass is 470 g/mol. The Hall–Kier alpha value is -2.83. The molecule has 1 N–H and O–H groups in total. The van der Waals surface area contributed by atoms with Crippen molar-refractivity contribution in [3.8, 4) is 0 Å². The number of halogens is 1. The standard InChI is InChI=1S/C25H27ClN2O3S/c1-17-8-9-18(2)24(14-17)19(3)27-25(29)21-12-10-20(11-13-21)16-28(32(4,30)31)23-7-5-6-22(26)15-23/h5-15,19H,16H2,1-4H3,(H,27,29). The van der Waals surface area contributed by atoms with Crippen molar-refractivity contribution in [2.75, 3.05) is 10.6 Å². The van der Waals surface area contributed by atoms with E-state index in [1.165, 1.54) is 4.31 Å². The average Bonchev–Trinajstić information content (AvgIpc) is 2.73. The summed E-state index contributed by atoms with van der Waals surface area (Å²) in [6.45, 7) is 6.15. The predicted octanol–water partition coefficient (Wildman–Crippen LogP) is 5.41. The van der Waals surface area contributed by atoms with E-state index in [-0.39, 0.29) is 18.5 Å². The zero-order chi connectivity index (χ0) is 23.5. The van der Waals surface area contributed by atoms with E-state index >= 15 is 0 Å². The van der Waals surface area contributed by atoms with Gasteiger partial charge >= 0.3 is 0 Å². The summed E-state index contributed by atoms with van der Waals surface area (Å²) >= 11 is 6.04. The SMILES string of the molecule is Cc1ccc(C)c(C(C)NC(=O)c2ccc(CN(c3cccc(Cl)c3)S(C)(=O)=O)cc2)c1. The Bertz CT molecular complexity index is 1220. The number of anilines is 1. The van der Waals surface area contributed by atoms with E-state index in [0.29, 0.717) is 16.3 Å². The van der Waals surface area contributed by atoms with E-state index < -0.39 is 10.0 Å². The second kappa shape index (κ2) is 9.76. The smallest absolute Gasteiger partial charge is 0.251 e. The zero-order valence-electron chi connectivity index (χ0n) is 18.6. The van der Waals surface area contributed by atoms with Crippen LogP contribution in [0.2, 0.25) is 5.02 Å². The Morgan fingerprint density at radius 2 is 1.72 bits per heavy atom. The summed E-state index contributed by atoms with van der Waals surface area (Å²) in [6, 6.07) is 19.7. The highest BCUT2D eigenvalue weighted by atomic mass is 35.5. The van der Waals surface area contributed by atoms with Crippen molar-refractivity contribution < 1.29 is 13.2 Å². The molecule has 0 radical (unpaired) electrons. The highest BCUT2D eigenvalue weighted by molar-refractivity contribution is 7.92. The largest absolute Gasteiger partial charge is 0.346 e. The van der Waals surface area contributed by atoms with Gasteiger partial charge in [0, 0.05) is 10.6 Å². The molecule has 3 aromatic rings. The van der Waals surface area contributed by atoms with E-state index in [0.717, 1.165) is 28.5 Å². The maximum Gasteiger partial charge on any atom is 0.251 e. The molecule has 0 aliphatic heterocycles. The minimum Gasteiger partial charge on any atom is -0.346 e. The topological polar surface area (TPSA) is 66.5 Å². The molecule has 1 unspecified atom stereocenters. The number of aryl methyl sites for hydroxylation is 2. The van der Waals surface area contributed by atoms with Gasteiger partial charge < -0.3 is 5.32 Å². The Labute approximate surface area is 195 Å². The lowest BCUT2D eigenvalue weighted by atomic mass is 9.99. The van der Waals surface area contributed by atoms with E-state index in [9.17, 15) is 13.2 Å². The summed E-state index contributed by atoms with van der Waals surface area (Å²) in [7, 11) is -3.52. The average molecular weight is 471 g/mol. The molecule has 0 aliphatic carbocycles. The van der Waals surface area contributed by atoms with Crippen LogP contribution in [0.25, 0.3) is 0 Å². The first-order valence-electron chi connectivity index (χ1n) is 10.2. The molecule has 0 bridgehead atoms. The maximum atomic E-state index is 12.7. The van der Waals surface area contributed by atoms with Crippen molar-refractivity contribution in [1.29, 1.82) is 0 Å². The molecule has 7 heteroatoms. The molecule has 32 heavy (non-hydrogen) atoms. The Morgan fingerprint density at radius 3 is 2.34 bits per heavy atom. The van der Waals surface area contributed by atoms with Crippen LogP contribution in [0.15, 0.2) is 66.7 Å². The lowest BCUT2D eigenvalue weighted by molar-refractivity contribution is 0.0940. The van der Waals surface area contributed by atoms with E-state index in [4.69, 9.17) is 11.6 Å². The van der Waals surface area contributed by atoms with Crippen molar-refractivity contribution in [3.63, 3.8) is 0 Å². The van der Waals surface area contributed by atoms with Crippen molar-refractivity contribution in [2.24, 2.45) is 0 Å². The number of sulfonamides is 1. The molecule has 0 aromatic heterocycles. The fourth-order valence-electron chi connectivity index (χ4n) is 3.54. The number of hydrogen-bond acceptors (Lipinski definition) is 3. The number of nitrogens with one attached hydrogen (secondary N) is 1. The molecule has 5 nitrogen and oxygen atoms in total. The Kier molecular flexibility index (Phi) is 7.26. The van der Waals surface area contributed by atoms with Gasteiger partial charge in [0.05, 0.1) is 24.5 Å². The minimum absolute atomic E-state index is 0.134. The van der Waals surface area contributed by atoms with Crippen LogP contribution in [0.3, 0.4) is 0 Å². The minimum atomic E-state index is -3.52. The molecule has 168 valence electrons. The van der Waals surface area contributed by atoms with Crippen molar-refractivity contribution in [1.82, 2.24) is 5.32 Å². The molecule has 1 atom stereocenters. The van der Waals surface area contributed by atoms with Crippen LogP contribution in [0.4, 0.5) is 5.69 Å². The molecular weight excluding hydrogens is 444 g/mol. The van der Waals surface area contributed by atoms with Crippen molar-refractivity contribution in [3.05, 3.63) is 99.6 Å². The van der Waals surface area contributed by atoms with Crippen LogP contribution >= 0.6 is 11.6 Å². The molecular formula is C25H27ClN2O3S. The fourth-order valence-corrected chi connectivity index (χ4v) is 4.61. The van der Waals surface area contributed by atoms with Crippen LogP contribution in [0.1, 0.15) is 45.6 Å². The molecule has 0 saturated heterocycles. The van der Waals surface area contributed by atoms with E-state index in [1.54, 1.807) is 48.5 Å². The molecule has 0 heterocycles. The first-order valence-corrected chi connectivity index (χ1v) is 12.5. The summed E-state index contributed by atoms with van der Waals surface area (Å²) in [5.41, 5.74) is 5.12. The number of carbonyl (C=O) groups is 1. The van der Waals surface area contributed by atoms with Gasteiger partial charge in [0.1, 0.15) is 0 Å². The van der Waals surface area contributed by atoms with Gasteiger partial charge in [0.25, 0.3) is 5.91 Å². The van der Waals surface area contributed by atoms with Crippen molar-refractivity contribution in [2.45, 2.75) is 33.4 Å². The molecule has 0 fully saturated rings. The number of nitrogens with zero attached hydrogens (tertiary/aromatic N) is 1. The molecule has 1 amide bonds. The van der Waals surface area contributed by atoms with Crippen LogP contribution in [-0.4, -0.2) is 20.6 Å². The Balaban J connectivity index is 1.75. The second-order valence-electron chi connectivity index (χ2n) is 8.00. The number of rotatable bonds is 7. The molecule has 0 spiro atoms. The van der Waals surface area contributed by atoms with Gasteiger partial charge in [-0.05, 0) is 67.8 Å². The highest BCUT2D eigenvalue weighted by Crippen LogP contribution is 2.24. The van der Waals surface area contributed by atoms with Gasteiger partial charge in [0.15, 0.2) is 0 Å². The highest BCUT2D eigenvalue weighted by Gasteiger charge is 2.19.